The van der Waals surface area contributed by atoms with Gasteiger partial charge in [0.15, 0.2) is 11.5 Å². The van der Waals surface area contributed by atoms with Gasteiger partial charge in [-0.2, -0.15) is 0 Å². The fourth-order valence-electron chi connectivity index (χ4n) is 3.72. The van der Waals surface area contributed by atoms with Crippen molar-refractivity contribution in [2.75, 3.05) is 33.4 Å². The molecule has 1 aliphatic rings. The lowest BCUT2D eigenvalue weighted by molar-refractivity contribution is 0.214. The summed E-state index contributed by atoms with van der Waals surface area (Å²) in [5.74, 6) is 2.34. The molecule has 0 bridgehead atoms. The van der Waals surface area contributed by atoms with Gasteiger partial charge in [-0.25, -0.2) is 4.39 Å². The fourth-order valence-corrected chi connectivity index (χ4v) is 3.72. The molecule has 1 aromatic heterocycles. The lowest BCUT2D eigenvalue weighted by atomic mass is 9.92. The molecule has 0 amide bonds. The van der Waals surface area contributed by atoms with Crippen LogP contribution in [-0.4, -0.2) is 43.4 Å². The average molecular weight is 395 g/mol. The van der Waals surface area contributed by atoms with E-state index in [1.807, 2.05) is 12.1 Å². The zero-order valence-electron chi connectivity index (χ0n) is 16.4. The minimum absolute atomic E-state index is 0.285. The van der Waals surface area contributed by atoms with Crippen LogP contribution in [0.2, 0.25) is 0 Å². The van der Waals surface area contributed by atoms with E-state index in [-0.39, 0.29) is 5.82 Å². The summed E-state index contributed by atoms with van der Waals surface area (Å²) in [6.45, 7) is 3.36. The number of nitrogens with zero attached hydrogens (tertiary/aromatic N) is 2. The lowest BCUT2D eigenvalue weighted by Crippen LogP contribution is -2.33. The van der Waals surface area contributed by atoms with Crippen molar-refractivity contribution in [2.24, 2.45) is 0 Å². The summed E-state index contributed by atoms with van der Waals surface area (Å²) in [5, 5.41) is 4.94. The smallest absolute Gasteiger partial charge is 0.161 e. The largest absolute Gasteiger partial charge is 0.493 e. The fraction of sp³-hybridized carbons (Fsp3) is 0.348. The molecular formula is C23H24FN2O3. The molecule has 0 unspecified atom stereocenters. The maximum atomic E-state index is 13.3. The molecule has 0 N–H and O–H groups in total. The van der Waals surface area contributed by atoms with Gasteiger partial charge in [-0.05, 0) is 56.3 Å². The Bertz CT molecular complexity index is 977. The number of methoxy groups -OCH3 is 1. The number of aromatic nitrogens is 1. The predicted octanol–water partition coefficient (Wildman–Crippen LogP) is 4.59. The number of ether oxygens (including phenoxy) is 2. The summed E-state index contributed by atoms with van der Waals surface area (Å²) in [4.78, 5) is 2.41. The Morgan fingerprint density at radius 3 is 2.93 bits per heavy atom. The third kappa shape index (κ3) is 4.59. The third-order valence-corrected chi connectivity index (χ3v) is 5.30. The first-order valence-corrected chi connectivity index (χ1v) is 9.83. The van der Waals surface area contributed by atoms with E-state index in [1.165, 1.54) is 12.1 Å². The molecule has 6 heteroatoms. The molecule has 1 fully saturated rings. The van der Waals surface area contributed by atoms with Crippen molar-refractivity contribution in [3.8, 4) is 11.5 Å². The summed E-state index contributed by atoms with van der Waals surface area (Å²) in [7, 11) is 1.62. The van der Waals surface area contributed by atoms with Gasteiger partial charge in [0.05, 0.1) is 7.11 Å². The molecule has 5 nitrogen and oxygen atoms in total. The second kappa shape index (κ2) is 9.09. The highest BCUT2D eigenvalue weighted by molar-refractivity contribution is 5.80. The molecule has 2 aromatic carbocycles. The predicted molar refractivity (Wildman–Crippen MR) is 109 cm³/mol. The molecule has 1 radical (unpaired) electrons. The number of halogens is 1. The number of hydrogen-bond acceptors (Lipinski definition) is 5. The van der Waals surface area contributed by atoms with E-state index >= 15 is 0 Å². The van der Waals surface area contributed by atoms with E-state index in [1.54, 1.807) is 25.3 Å². The first-order chi connectivity index (χ1) is 14.2. The van der Waals surface area contributed by atoms with Crippen LogP contribution in [0.25, 0.3) is 10.9 Å². The van der Waals surface area contributed by atoms with Crippen LogP contribution in [0.3, 0.4) is 0 Å². The molecule has 1 aliphatic heterocycles. The number of likely N-dealkylation sites (tertiary alicyclic amines) is 1. The lowest BCUT2D eigenvalue weighted by Gasteiger charge is -2.30. The Balaban J connectivity index is 1.24. The molecule has 151 valence electrons. The van der Waals surface area contributed by atoms with Crippen molar-refractivity contribution in [3.05, 3.63) is 66.2 Å². The van der Waals surface area contributed by atoms with Gasteiger partial charge < -0.3 is 14.0 Å². The molecule has 0 aliphatic carbocycles. The summed E-state index contributed by atoms with van der Waals surface area (Å²) < 4.78 is 29.9. The molecule has 0 saturated carbocycles. The highest BCUT2D eigenvalue weighted by atomic mass is 19.1. The van der Waals surface area contributed by atoms with Crippen LogP contribution in [0.4, 0.5) is 4.39 Å². The van der Waals surface area contributed by atoms with Gasteiger partial charge in [0, 0.05) is 23.9 Å². The molecule has 29 heavy (non-hydrogen) atoms. The van der Waals surface area contributed by atoms with Crippen LogP contribution < -0.4 is 9.47 Å². The first-order valence-electron chi connectivity index (χ1n) is 9.83. The minimum Gasteiger partial charge on any atom is -0.493 e. The Labute approximate surface area is 169 Å². The molecular weight excluding hydrogens is 371 g/mol. The van der Waals surface area contributed by atoms with E-state index in [0.717, 1.165) is 49.4 Å². The summed E-state index contributed by atoms with van der Waals surface area (Å²) in [6.07, 6.45) is 6.17. The first kappa shape index (κ1) is 19.5. The topological polar surface area (TPSA) is 47.7 Å². The molecule has 1 saturated heterocycles. The minimum atomic E-state index is -0.285. The molecule has 3 aromatic rings. The van der Waals surface area contributed by atoms with E-state index in [2.05, 4.69) is 22.2 Å². The van der Waals surface area contributed by atoms with Crippen LogP contribution in [0.15, 0.2) is 53.1 Å². The number of rotatable bonds is 7. The molecule has 0 spiro atoms. The van der Waals surface area contributed by atoms with Gasteiger partial charge in [0.2, 0.25) is 0 Å². The Morgan fingerprint density at radius 1 is 1.24 bits per heavy atom. The van der Waals surface area contributed by atoms with Crippen LogP contribution >= 0.6 is 0 Å². The van der Waals surface area contributed by atoms with Crippen molar-refractivity contribution < 1.29 is 18.4 Å². The average Bonchev–Trinajstić information content (AvgIpc) is 3.17. The van der Waals surface area contributed by atoms with Crippen LogP contribution in [0.1, 0.15) is 24.5 Å². The van der Waals surface area contributed by atoms with Crippen molar-refractivity contribution in [1.82, 2.24) is 10.1 Å². The number of fused-ring (bicyclic) bond motifs is 1. The number of hydrogen-bond donors (Lipinski definition) is 0. The third-order valence-electron chi connectivity index (χ3n) is 5.30. The van der Waals surface area contributed by atoms with Gasteiger partial charge in [-0.3, -0.25) is 4.90 Å². The second-order valence-electron chi connectivity index (χ2n) is 7.14. The maximum Gasteiger partial charge on any atom is 0.161 e. The molecule has 4 rings (SSSR count). The van der Waals surface area contributed by atoms with Crippen LogP contribution in [0.5, 0.6) is 11.5 Å². The Kier molecular flexibility index (Phi) is 6.10. The summed E-state index contributed by atoms with van der Waals surface area (Å²) >= 11 is 0. The van der Waals surface area contributed by atoms with Crippen molar-refractivity contribution >= 4 is 10.9 Å². The van der Waals surface area contributed by atoms with E-state index < -0.39 is 0 Å². The molecule has 0 atom stereocenters. The van der Waals surface area contributed by atoms with E-state index in [9.17, 15) is 4.39 Å². The SMILES string of the molecule is COc1c[c]ccc1OC/C=C/CN1CCC(c2onc3cc(F)ccc23)CC1. The molecule has 2 heterocycles. The van der Waals surface area contributed by atoms with Gasteiger partial charge >= 0.3 is 0 Å². The van der Waals surface area contributed by atoms with E-state index in [4.69, 9.17) is 14.0 Å². The van der Waals surface area contributed by atoms with Gasteiger partial charge in [-0.1, -0.05) is 23.4 Å². The summed E-state index contributed by atoms with van der Waals surface area (Å²) in [5.41, 5.74) is 0.596. The summed E-state index contributed by atoms with van der Waals surface area (Å²) in [6, 6.07) is 13.0. The normalized spacial score (nSPS) is 15.9. The van der Waals surface area contributed by atoms with Gasteiger partial charge in [0.25, 0.3) is 0 Å². The monoisotopic (exact) mass is 395 g/mol. The van der Waals surface area contributed by atoms with Crippen molar-refractivity contribution in [3.63, 3.8) is 0 Å². The second-order valence-corrected chi connectivity index (χ2v) is 7.14. The highest BCUT2D eigenvalue weighted by Crippen LogP contribution is 2.33. The Morgan fingerprint density at radius 2 is 2.10 bits per heavy atom. The van der Waals surface area contributed by atoms with E-state index in [0.29, 0.717) is 23.8 Å². The van der Waals surface area contributed by atoms with Crippen LogP contribution in [-0.2, 0) is 0 Å². The Hall–Kier alpha value is -2.86. The van der Waals surface area contributed by atoms with Gasteiger partial charge in [-0.15, -0.1) is 0 Å². The van der Waals surface area contributed by atoms with Crippen LogP contribution in [0, 0.1) is 11.9 Å². The zero-order valence-corrected chi connectivity index (χ0v) is 16.4. The highest BCUT2D eigenvalue weighted by Gasteiger charge is 2.25. The maximum absolute atomic E-state index is 13.3. The van der Waals surface area contributed by atoms with Crippen molar-refractivity contribution in [1.29, 1.82) is 0 Å². The number of piperidine rings is 1. The van der Waals surface area contributed by atoms with Crippen molar-refractivity contribution in [2.45, 2.75) is 18.8 Å². The quantitative estimate of drug-likeness (QED) is 0.548. The standard InChI is InChI=1S/C23H24FN2O3/c1-27-21-6-2-3-7-22(21)28-15-5-4-12-26-13-10-17(11-14-26)23-19-9-8-18(24)16-20(19)25-29-23/h3-9,16-17H,10-15H2,1H3/b5-4+. The number of benzene rings is 2. The zero-order chi connectivity index (χ0) is 20.1. The van der Waals surface area contributed by atoms with Gasteiger partial charge in [0.1, 0.15) is 23.7 Å².